The number of nitrogens with one attached hydrogen (secondary N) is 1. The maximum absolute atomic E-state index is 10.7. The van der Waals surface area contributed by atoms with Gasteiger partial charge in [0.25, 0.3) is 0 Å². The Morgan fingerprint density at radius 1 is 1.38 bits per heavy atom. The molecule has 2 heterocycles. The van der Waals surface area contributed by atoms with E-state index in [4.69, 9.17) is 0 Å². The number of imidazole rings is 1. The highest BCUT2D eigenvalue weighted by atomic mass is 16.3. The molecule has 0 bridgehead atoms. The third-order valence-corrected chi connectivity index (χ3v) is 4.84. The van der Waals surface area contributed by atoms with Crippen LogP contribution in [0.5, 0.6) is 0 Å². The Morgan fingerprint density at radius 2 is 2.14 bits per heavy atom. The zero-order chi connectivity index (χ0) is 14.9. The normalized spacial score (nSPS) is 26.1. The van der Waals surface area contributed by atoms with Crippen LogP contribution in [-0.2, 0) is 7.05 Å². The van der Waals surface area contributed by atoms with Crippen LogP contribution in [0.25, 0.3) is 11.0 Å². The molecule has 0 atom stereocenters. The second-order valence-corrected chi connectivity index (χ2v) is 6.31. The number of aromatic nitrogens is 3. The van der Waals surface area contributed by atoms with Gasteiger partial charge in [-0.25, -0.2) is 9.97 Å². The third-order valence-electron chi connectivity index (χ3n) is 4.84. The zero-order valence-electron chi connectivity index (χ0n) is 12.8. The molecular weight excluding hydrogens is 264 g/mol. The summed E-state index contributed by atoms with van der Waals surface area (Å²) in [6.07, 6.45) is 8.78. The van der Waals surface area contributed by atoms with Crippen LogP contribution in [0.1, 0.15) is 39.0 Å². The quantitative estimate of drug-likeness (QED) is 0.908. The van der Waals surface area contributed by atoms with Crippen molar-refractivity contribution in [1.29, 1.82) is 0 Å². The molecule has 0 amide bonds. The number of rotatable bonds is 4. The zero-order valence-corrected chi connectivity index (χ0v) is 12.8. The summed E-state index contributed by atoms with van der Waals surface area (Å²) in [5.41, 5.74) is 1.31. The van der Waals surface area contributed by atoms with Gasteiger partial charge in [-0.1, -0.05) is 13.3 Å². The van der Waals surface area contributed by atoms with Crippen LogP contribution < -0.4 is 5.32 Å². The van der Waals surface area contributed by atoms with Crippen LogP contribution >= 0.6 is 0 Å². The molecule has 2 N–H and O–H groups in total. The van der Waals surface area contributed by atoms with Crippen molar-refractivity contribution in [2.75, 3.05) is 11.9 Å². The number of anilines is 1. The molecule has 3 rings (SSSR count). The highest BCUT2D eigenvalue weighted by Gasteiger charge is 2.32. The lowest BCUT2D eigenvalue weighted by atomic mass is 9.78. The fraction of sp³-hybridized carbons (Fsp3) is 0.625. The van der Waals surface area contributed by atoms with Gasteiger partial charge in [-0.2, -0.15) is 0 Å². The maximum atomic E-state index is 10.7. The van der Waals surface area contributed by atoms with Gasteiger partial charge in [0.1, 0.15) is 5.52 Å². The molecule has 5 nitrogen and oxygen atoms in total. The standard InChI is InChI=1S/C16H24N4O/c1-3-12-4-7-16(21,8-5-12)10-18-15-14-13(6-9-17-15)20(2)11-19-14/h6,9,11-12,21H,3-5,7-8,10H2,1-2H3,(H,17,18). The Balaban J connectivity index is 1.69. The van der Waals surface area contributed by atoms with Gasteiger partial charge in [-0.3, -0.25) is 0 Å². The number of aryl methyl sites for hydroxylation is 1. The number of fused-ring (bicyclic) bond motifs is 1. The predicted molar refractivity (Wildman–Crippen MR) is 84.2 cm³/mol. The fourth-order valence-corrected chi connectivity index (χ4v) is 3.24. The van der Waals surface area contributed by atoms with Crippen molar-refractivity contribution in [3.63, 3.8) is 0 Å². The van der Waals surface area contributed by atoms with E-state index >= 15 is 0 Å². The predicted octanol–water partition coefficient (Wildman–Crippen LogP) is 2.71. The van der Waals surface area contributed by atoms with Gasteiger partial charge in [-0.15, -0.1) is 0 Å². The minimum atomic E-state index is -0.607. The van der Waals surface area contributed by atoms with E-state index in [2.05, 4.69) is 22.2 Å². The summed E-state index contributed by atoms with van der Waals surface area (Å²) in [4.78, 5) is 8.76. The average molecular weight is 288 g/mol. The Morgan fingerprint density at radius 3 is 2.86 bits per heavy atom. The molecule has 5 heteroatoms. The van der Waals surface area contributed by atoms with Crippen molar-refractivity contribution < 1.29 is 5.11 Å². The molecule has 114 valence electrons. The Labute approximate surface area is 125 Å². The van der Waals surface area contributed by atoms with Crippen LogP contribution in [0.4, 0.5) is 5.82 Å². The van der Waals surface area contributed by atoms with Crippen molar-refractivity contribution in [2.45, 2.75) is 44.6 Å². The van der Waals surface area contributed by atoms with E-state index in [9.17, 15) is 5.11 Å². The smallest absolute Gasteiger partial charge is 0.154 e. The summed E-state index contributed by atoms with van der Waals surface area (Å²) in [5.74, 6) is 1.54. The summed E-state index contributed by atoms with van der Waals surface area (Å²) >= 11 is 0. The molecule has 1 aliphatic rings. The fourth-order valence-electron chi connectivity index (χ4n) is 3.24. The highest BCUT2D eigenvalue weighted by molar-refractivity contribution is 5.85. The lowest BCUT2D eigenvalue weighted by Gasteiger charge is -2.36. The first-order valence-electron chi connectivity index (χ1n) is 7.83. The van der Waals surface area contributed by atoms with E-state index in [0.717, 1.165) is 48.5 Å². The van der Waals surface area contributed by atoms with E-state index in [0.29, 0.717) is 6.54 Å². The molecular formula is C16H24N4O. The van der Waals surface area contributed by atoms with Gasteiger partial charge in [0.2, 0.25) is 0 Å². The van der Waals surface area contributed by atoms with Gasteiger partial charge in [0, 0.05) is 19.8 Å². The second kappa shape index (κ2) is 5.64. The van der Waals surface area contributed by atoms with Gasteiger partial charge in [0.05, 0.1) is 17.4 Å². The number of aliphatic hydroxyl groups is 1. The number of nitrogens with zero attached hydrogens (tertiary/aromatic N) is 3. The molecule has 0 spiro atoms. The molecule has 1 saturated carbocycles. The van der Waals surface area contributed by atoms with Gasteiger partial charge >= 0.3 is 0 Å². The topological polar surface area (TPSA) is 63.0 Å². The van der Waals surface area contributed by atoms with E-state index in [1.807, 2.05) is 17.7 Å². The lowest BCUT2D eigenvalue weighted by Crippen LogP contribution is -2.40. The van der Waals surface area contributed by atoms with Crippen LogP contribution in [0, 0.1) is 5.92 Å². The molecule has 21 heavy (non-hydrogen) atoms. The van der Waals surface area contributed by atoms with Crippen molar-refractivity contribution in [3.8, 4) is 0 Å². The maximum Gasteiger partial charge on any atom is 0.154 e. The van der Waals surface area contributed by atoms with Crippen molar-refractivity contribution >= 4 is 16.9 Å². The molecule has 0 aliphatic heterocycles. The Hall–Kier alpha value is -1.62. The van der Waals surface area contributed by atoms with Crippen molar-refractivity contribution in [3.05, 3.63) is 18.6 Å². The lowest BCUT2D eigenvalue weighted by molar-refractivity contribution is 0.00225. The van der Waals surface area contributed by atoms with E-state index in [1.54, 1.807) is 12.5 Å². The molecule has 2 aromatic heterocycles. The molecule has 0 radical (unpaired) electrons. The summed E-state index contributed by atoms with van der Waals surface area (Å²) in [6.45, 7) is 2.78. The molecule has 0 saturated heterocycles. The number of hydrogen-bond acceptors (Lipinski definition) is 4. The molecule has 0 unspecified atom stereocenters. The first kappa shape index (κ1) is 14.3. The van der Waals surface area contributed by atoms with Gasteiger partial charge in [0.15, 0.2) is 5.82 Å². The number of hydrogen-bond donors (Lipinski definition) is 2. The summed E-state index contributed by atoms with van der Waals surface area (Å²) < 4.78 is 1.98. The van der Waals surface area contributed by atoms with E-state index in [1.165, 1.54) is 6.42 Å². The monoisotopic (exact) mass is 288 g/mol. The molecule has 2 aromatic rings. The van der Waals surface area contributed by atoms with Crippen LogP contribution in [0.3, 0.4) is 0 Å². The second-order valence-electron chi connectivity index (χ2n) is 6.31. The van der Waals surface area contributed by atoms with Crippen molar-refractivity contribution in [1.82, 2.24) is 14.5 Å². The summed E-state index contributed by atoms with van der Waals surface area (Å²) in [5, 5.41) is 14.0. The summed E-state index contributed by atoms with van der Waals surface area (Å²) in [7, 11) is 1.97. The van der Waals surface area contributed by atoms with Crippen LogP contribution in [0.15, 0.2) is 18.6 Å². The van der Waals surface area contributed by atoms with Crippen LogP contribution in [-0.4, -0.2) is 31.8 Å². The van der Waals surface area contributed by atoms with Gasteiger partial charge in [-0.05, 0) is 37.7 Å². The van der Waals surface area contributed by atoms with Gasteiger partial charge < -0.3 is 15.0 Å². The molecule has 1 fully saturated rings. The Kier molecular flexibility index (Phi) is 3.85. The Bertz CT molecular complexity index is 614. The van der Waals surface area contributed by atoms with Crippen LogP contribution in [0.2, 0.25) is 0 Å². The molecule has 0 aromatic carbocycles. The molecule has 1 aliphatic carbocycles. The number of pyridine rings is 1. The van der Waals surface area contributed by atoms with E-state index in [-0.39, 0.29) is 0 Å². The largest absolute Gasteiger partial charge is 0.388 e. The first-order valence-corrected chi connectivity index (χ1v) is 7.83. The minimum absolute atomic E-state index is 0.548. The third kappa shape index (κ3) is 2.88. The average Bonchev–Trinajstić information content (AvgIpc) is 2.88. The van der Waals surface area contributed by atoms with E-state index < -0.39 is 5.60 Å². The summed E-state index contributed by atoms with van der Waals surface area (Å²) in [6, 6.07) is 1.95. The highest BCUT2D eigenvalue weighted by Crippen LogP contribution is 2.34. The minimum Gasteiger partial charge on any atom is -0.388 e. The SMILES string of the molecule is CCC1CCC(O)(CNc2nccc3c2ncn3C)CC1. The van der Waals surface area contributed by atoms with Crippen molar-refractivity contribution in [2.24, 2.45) is 13.0 Å². The first-order chi connectivity index (χ1) is 10.1.